The van der Waals surface area contributed by atoms with Crippen LogP contribution in [0.2, 0.25) is 15.1 Å². The molecule has 1 atom stereocenters. The van der Waals surface area contributed by atoms with Crippen LogP contribution in [0.3, 0.4) is 0 Å². The first-order valence-corrected chi connectivity index (χ1v) is 6.79. The van der Waals surface area contributed by atoms with E-state index in [-0.39, 0.29) is 0 Å². The highest BCUT2D eigenvalue weighted by molar-refractivity contribution is 6.36. The quantitative estimate of drug-likeness (QED) is 0.676. The second-order valence-corrected chi connectivity index (χ2v) is 5.24. The maximum atomic E-state index is 12.0. The lowest BCUT2D eigenvalue weighted by Crippen LogP contribution is -2.26. The Morgan fingerprint density at radius 2 is 1.65 bits per heavy atom. The fourth-order valence-electron chi connectivity index (χ4n) is 1.64. The Morgan fingerprint density at radius 3 is 2.25 bits per heavy atom. The molecule has 2 aromatic carbocycles. The van der Waals surface area contributed by atoms with Crippen molar-refractivity contribution >= 4 is 40.8 Å². The van der Waals surface area contributed by atoms with E-state index < -0.39 is 12.0 Å². The molecule has 0 amide bonds. The van der Waals surface area contributed by atoms with E-state index in [1.54, 1.807) is 36.4 Å². The van der Waals surface area contributed by atoms with Crippen LogP contribution < -0.4 is 10.5 Å². The zero-order valence-corrected chi connectivity index (χ0v) is 12.4. The summed E-state index contributed by atoms with van der Waals surface area (Å²) in [6.45, 7) is 0. The lowest BCUT2D eigenvalue weighted by molar-refractivity contribution is -0.136. The molecule has 1 unspecified atom stereocenters. The van der Waals surface area contributed by atoms with Gasteiger partial charge in [0.05, 0.1) is 0 Å². The minimum atomic E-state index is -1.07. The molecule has 2 N–H and O–H groups in total. The van der Waals surface area contributed by atoms with Gasteiger partial charge in [0.2, 0.25) is 0 Å². The standard InChI is InChI=1S/C14H10Cl3NO2/c15-8-3-1-4-9(7-8)20-14(19)13(18)12-10(16)5-2-6-11(12)17/h1-7,13H,18H2. The highest BCUT2D eigenvalue weighted by Gasteiger charge is 2.23. The molecule has 2 aromatic rings. The highest BCUT2D eigenvalue weighted by Crippen LogP contribution is 2.30. The number of halogens is 3. The summed E-state index contributed by atoms with van der Waals surface area (Å²) in [5.41, 5.74) is 6.19. The van der Waals surface area contributed by atoms with Crippen LogP contribution in [0, 0.1) is 0 Å². The van der Waals surface area contributed by atoms with E-state index >= 15 is 0 Å². The predicted octanol–water partition coefficient (Wildman–Crippen LogP) is 4.25. The molecule has 2 rings (SSSR count). The molecule has 0 aliphatic rings. The third-order valence-corrected chi connectivity index (χ3v) is 3.47. The van der Waals surface area contributed by atoms with Gasteiger partial charge in [0.25, 0.3) is 0 Å². The number of benzene rings is 2. The van der Waals surface area contributed by atoms with Crippen molar-refractivity contribution in [1.82, 2.24) is 0 Å². The summed E-state index contributed by atoms with van der Waals surface area (Å²) in [4.78, 5) is 12.0. The monoisotopic (exact) mass is 329 g/mol. The van der Waals surface area contributed by atoms with Crippen LogP contribution in [-0.4, -0.2) is 5.97 Å². The topological polar surface area (TPSA) is 52.3 Å². The summed E-state index contributed by atoms with van der Waals surface area (Å²) in [5, 5.41) is 1.08. The summed E-state index contributed by atoms with van der Waals surface area (Å²) in [6, 6.07) is 10.3. The predicted molar refractivity (Wildman–Crippen MR) is 80.5 cm³/mol. The van der Waals surface area contributed by atoms with E-state index in [2.05, 4.69) is 0 Å². The zero-order valence-electron chi connectivity index (χ0n) is 10.1. The Balaban J connectivity index is 2.21. The van der Waals surface area contributed by atoms with Crippen LogP contribution in [0.5, 0.6) is 5.75 Å². The second-order valence-electron chi connectivity index (χ2n) is 3.99. The van der Waals surface area contributed by atoms with E-state index in [1.165, 1.54) is 6.07 Å². The van der Waals surface area contributed by atoms with Crippen LogP contribution in [0.4, 0.5) is 0 Å². The Hall–Kier alpha value is -1.26. The van der Waals surface area contributed by atoms with Crippen molar-refractivity contribution in [2.75, 3.05) is 0 Å². The van der Waals surface area contributed by atoms with Gasteiger partial charge in [0.1, 0.15) is 11.8 Å². The summed E-state index contributed by atoms with van der Waals surface area (Å²) in [7, 11) is 0. The van der Waals surface area contributed by atoms with Crippen molar-refractivity contribution in [2.45, 2.75) is 6.04 Å². The number of carbonyl (C=O) groups excluding carboxylic acids is 1. The fraction of sp³-hybridized carbons (Fsp3) is 0.0714. The molecule has 0 saturated carbocycles. The van der Waals surface area contributed by atoms with Gasteiger partial charge in [-0.15, -0.1) is 0 Å². The third-order valence-electron chi connectivity index (χ3n) is 2.58. The molecule has 0 saturated heterocycles. The molecule has 0 heterocycles. The number of rotatable bonds is 3. The van der Waals surface area contributed by atoms with Crippen molar-refractivity contribution in [3.05, 3.63) is 63.1 Å². The Bertz CT molecular complexity index is 626. The van der Waals surface area contributed by atoms with E-state index in [0.29, 0.717) is 26.4 Å². The number of carbonyl (C=O) groups is 1. The number of nitrogens with two attached hydrogens (primary N) is 1. The molecule has 20 heavy (non-hydrogen) atoms. The van der Waals surface area contributed by atoms with Crippen LogP contribution in [0.15, 0.2) is 42.5 Å². The first-order chi connectivity index (χ1) is 9.49. The largest absolute Gasteiger partial charge is 0.425 e. The first-order valence-electron chi connectivity index (χ1n) is 5.66. The van der Waals surface area contributed by atoms with Crippen molar-refractivity contribution in [2.24, 2.45) is 5.73 Å². The van der Waals surface area contributed by atoms with E-state index in [4.69, 9.17) is 45.3 Å². The molecule has 3 nitrogen and oxygen atoms in total. The lowest BCUT2D eigenvalue weighted by atomic mass is 10.1. The van der Waals surface area contributed by atoms with Gasteiger partial charge in [-0.3, -0.25) is 0 Å². The SMILES string of the molecule is NC(C(=O)Oc1cccc(Cl)c1)c1c(Cl)cccc1Cl. The summed E-state index contributed by atoms with van der Waals surface area (Å²) in [5.74, 6) is -0.358. The first kappa shape index (κ1) is 15.1. The molecule has 0 aliphatic carbocycles. The van der Waals surface area contributed by atoms with Crippen LogP contribution >= 0.6 is 34.8 Å². The van der Waals surface area contributed by atoms with Gasteiger partial charge in [-0.1, -0.05) is 46.9 Å². The molecule has 0 aromatic heterocycles. The molecule has 0 bridgehead atoms. The van der Waals surface area contributed by atoms with Crippen LogP contribution in [0.1, 0.15) is 11.6 Å². The summed E-state index contributed by atoms with van der Waals surface area (Å²) >= 11 is 17.8. The average Bonchev–Trinajstić information content (AvgIpc) is 2.38. The van der Waals surface area contributed by atoms with Gasteiger partial charge in [-0.2, -0.15) is 0 Å². The molecule has 0 aliphatic heterocycles. The van der Waals surface area contributed by atoms with Crippen molar-refractivity contribution < 1.29 is 9.53 Å². The van der Waals surface area contributed by atoms with Crippen molar-refractivity contribution in [3.8, 4) is 5.75 Å². The highest BCUT2D eigenvalue weighted by atomic mass is 35.5. The van der Waals surface area contributed by atoms with E-state index in [9.17, 15) is 4.79 Å². The average molecular weight is 331 g/mol. The Morgan fingerprint density at radius 1 is 1.05 bits per heavy atom. The van der Waals surface area contributed by atoms with Gasteiger partial charge in [0.15, 0.2) is 0 Å². The minimum Gasteiger partial charge on any atom is -0.425 e. The smallest absolute Gasteiger partial charge is 0.333 e. The number of hydrogen-bond acceptors (Lipinski definition) is 3. The molecule has 0 fully saturated rings. The van der Waals surface area contributed by atoms with Crippen LogP contribution in [0.25, 0.3) is 0 Å². The van der Waals surface area contributed by atoms with Crippen molar-refractivity contribution in [3.63, 3.8) is 0 Å². The number of esters is 1. The zero-order chi connectivity index (χ0) is 14.7. The summed E-state index contributed by atoms with van der Waals surface area (Å²) in [6.07, 6.45) is 0. The second kappa shape index (κ2) is 6.46. The van der Waals surface area contributed by atoms with E-state index in [0.717, 1.165) is 0 Å². The Labute approximate surface area is 131 Å². The van der Waals surface area contributed by atoms with Gasteiger partial charge in [-0.05, 0) is 30.3 Å². The van der Waals surface area contributed by atoms with Gasteiger partial charge in [0, 0.05) is 20.6 Å². The van der Waals surface area contributed by atoms with Gasteiger partial charge < -0.3 is 10.5 Å². The van der Waals surface area contributed by atoms with Gasteiger partial charge in [-0.25, -0.2) is 4.79 Å². The fourth-order valence-corrected chi connectivity index (χ4v) is 2.45. The molecule has 0 radical (unpaired) electrons. The Kier molecular flexibility index (Phi) is 4.89. The molecule has 0 spiro atoms. The van der Waals surface area contributed by atoms with E-state index in [1.807, 2.05) is 0 Å². The maximum absolute atomic E-state index is 12.0. The van der Waals surface area contributed by atoms with Gasteiger partial charge >= 0.3 is 5.97 Å². The minimum absolute atomic E-state index is 0.307. The molecule has 6 heteroatoms. The van der Waals surface area contributed by atoms with Crippen LogP contribution in [-0.2, 0) is 4.79 Å². The molecule has 104 valence electrons. The lowest BCUT2D eigenvalue weighted by Gasteiger charge is -2.14. The molecular weight excluding hydrogens is 321 g/mol. The number of hydrogen-bond donors (Lipinski definition) is 1. The van der Waals surface area contributed by atoms with Crippen molar-refractivity contribution in [1.29, 1.82) is 0 Å². The number of ether oxygens (including phenoxy) is 1. The maximum Gasteiger partial charge on any atom is 0.333 e. The molecular formula is C14H10Cl3NO2. The summed E-state index contributed by atoms with van der Waals surface area (Å²) < 4.78 is 5.16. The normalized spacial score (nSPS) is 12.0. The third kappa shape index (κ3) is 3.44.